The van der Waals surface area contributed by atoms with Gasteiger partial charge in [0.1, 0.15) is 97.6 Å². The Kier molecular flexibility index (Phi) is 13.8. The summed E-state index contributed by atoms with van der Waals surface area (Å²) in [6.07, 6.45) is -33.5. The molecule has 4 aliphatic rings. The largest absolute Gasteiger partial charge is 0.394 e. The van der Waals surface area contributed by atoms with Gasteiger partial charge < -0.3 is 105 Å². The summed E-state index contributed by atoms with van der Waals surface area (Å²) in [7, 11) is 0. The Balaban J connectivity index is 1.56. The number of amides is 1. The summed E-state index contributed by atoms with van der Waals surface area (Å²) < 4.78 is 38.7. The van der Waals surface area contributed by atoms with E-state index in [0.717, 1.165) is 6.92 Å². The van der Waals surface area contributed by atoms with Crippen molar-refractivity contribution in [3.05, 3.63) is 0 Å². The number of carbonyl (C=O) groups excluding carboxylic acids is 1. The summed E-state index contributed by atoms with van der Waals surface area (Å²) in [6, 6.07) is -1.57. The van der Waals surface area contributed by atoms with Crippen molar-refractivity contribution in [3.63, 3.8) is 0 Å². The van der Waals surface area contributed by atoms with Gasteiger partial charge in [0.05, 0.1) is 26.4 Å². The van der Waals surface area contributed by atoms with E-state index in [4.69, 9.17) is 33.2 Å². The second kappa shape index (κ2) is 16.8. The van der Waals surface area contributed by atoms with Crippen LogP contribution in [0.15, 0.2) is 0 Å². The maximum atomic E-state index is 12.2. The van der Waals surface area contributed by atoms with Gasteiger partial charge in [0, 0.05) is 6.92 Å². The minimum absolute atomic E-state index is 0.749. The molecule has 14 N–H and O–H groups in total. The molecule has 0 aromatic carbocycles. The molecule has 4 aliphatic heterocycles. The molecule has 20 atom stereocenters. The Morgan fingerprint density at radius 3 is 1.46 bits per heavy atom. The molecule has 4 saturated heterocycles. The molecular weight excluding hydrogens is 662 g/mol. The molecule has 1 amide bonds. The van der Waals surface area contributed by atoms with Crippen molar-refractivity contribution >= 4 is 5.91 Å². The Labute approximate surface area is 272 Å². The van der Waals surface area contributed by atoms with Gasteiger partial charge in [-0.1, -0.05) is 0 Å². The van der Waals surface area contributed by atoms with Crippen LogP contribution < -0.4 is 5.32 Å². The lowest BCUT2D eigenvalue weighted by Crippen LogP contribution is -2.70. The minimum Gasteiger partial charge on any atom is -0.394 e. The van der Waals surface area contributed by atoms with Crippen LogP contribution in [0.4, 0.5) is 0 Å². The lowest BCUT2D eigenvalue weighted by molar-refractivity contribution is -0.378. The lowest BCUT2D eigenvalue weighted by Gasteiger charge is -2.50. The summed E-state index contributed by atoms with van der Waals surface area (Å²) >= 11 is 0. The first-order chi connectivity index (χ1) is 22.7. The van der Waals surface area contributed by atoms with E-state index in [1.807, 2.05) is 0 Å². The second-order valence-corrected chi connectivity index (χ2v) is 11.9. The van der Waals surface area contributed by atoms with Crippen molar-refractivity contribution in [2.75, 3.05) is 26.4 Å². The molecule has 0 aliphatic carbocycles. The standard InChI is InChI=1S/C26H45NO21/c1-6(32)27-11-22(48-25-18(39)14(35)12(33)7(2-28)44-25)13(34)8(3-29)43-24(11)46-21-10(5-31)45-26(19(40)16(21)37)47-20-9(4-30)42-23(41)17(38)15(20)36/h7-26,28-31,33-41H,2-5H2,1H3,(H,27,32)/t7-,8-,9-,10-,11-,12+,13+,14+,15-,16-,17-,18-,19-,20-,21+,22-,23+,24+,25+,26+/m1/s1. The molecule has 0 aromatic heterocycles. The van der Waals surface area contributed by atoms with Crippen molar-refractivity contribution in [2.24, 2.45) is 0 Å². The third kappa shape index (κ3) is 8.08. The Bertz CT molecular complexity index is 1020. The number of nitrogens with one attached hydrogen (secondary N) is 1. The third-order valence-electron chi connectivity index (χ3n) is 8.61. The van der Waals surface area contributed by atoms with Crippen LogP contribution in [0.2, 0.25) is 0 Å². The van der Waals surface area contributed by atoms with Crippen LogP contribution in [0.5, 0.6) is 0 Å². The first-order valence-electron chi connectivity index (χ1n) is 15.1. The van der Waals surface area contributed by atoms with E-state index in [1.165, 1.54) is 0 Å². The van der Waals surface area contributed by atoms with E-state index in [-0.39, 0.29) is 0 Å². The number of hydrogen-bond donors (Lipinski definition) is 14. The fourth-order valence-corrected chi connectivity index (χ4v) is 5.95. The highest BCUT2D eigenvalue weighted by Gasteiger charge is 2.55. The van der Waals surface area contributed by atoms with Crippen LogP contribution in [-0.4, -0.2) is 221 Å². The van der Waals surface area contributed by atoms with Gasteiger partial charge in [-0.25, -0.2) is 0 Å². The Morgan fingerprint density at radius 1 is 0.500 bits per heavy atom. The van der Waals surface area contributed by atoms with E-state index in [2.05, 4.69) is 5.32 Å². The van der Waals surface area contributed by atoms with E-state index < -0.39 is 155 Å². The van der Waals surface area contributed by atoms with Gasteiger partial charge in [-0.3, -0.25) is 4.79 Å². The molecule has 22 heteroatoms. The van der Waals surface area contributed by atoms with Crippen LogP contribution in [0, 0.1) is 0 Å². The Morgan fingerprint density at radius 2 is 0.917 bits per heavy atom. The molecule has 48 heavy (non-hydrogen) atoms. The van der Waals surface area contributed by atoms with Crippen LogP contribution in [0.3, 0.4) is 0 Å². The van der Waals surface area contributed by atoms with Gasteiger partial charge in [0.15, 0.2) is 25.2 Å². The summed E-state index contributed by atoms with van der Waals surface area (Å²) in [5, 5.41) is 136. The molecule has 0 saturated carbocycles. The van der Waals surface area contributed by atoms with Crippen molar-refractivity contribution in [2.45, 2.75) is 130 Å². The first kappa shape index (κ1) is 39.5. The molecule has 4 fully saturated rings. The van der Waals surface area contributed by atoms with Gasteiger partial charge >= 0.3 is 0 Å². The quantitative estimate of drug-likeness (QED) is 0.0947. The maximum Gasteiger partial charge on any atom is 0.217 e. The molecular formula is C26H45NO21. The summed E-state index contributed by atoms with van der Waals surface area (Å²) in [5.74, 6) is -0.749. The summed E-state index contributed by atoms with van der Waals surface area (Å²) in [4.78, 5) is 12.2. The molecule has 280 valence electrons. The van der Waals surface area contributed by atoms with Gasteiger partial charge in [-0.2, -0.15) is 0 Å². The van der Waals surface area contributed by atoms with Gasteiger partial charge in [0.2, 0.25) is 5.91 Å². The third-order valence-corrected chi connectivity index (χ3v) is 8.61. The zero-order valence-corrected chi connectivity index (χ0v) is 25.5. The summed E-state index contributed by atoms with van der Waals surface area (Å²) in [6.45, 7) is -2.37. The molecule has 0 aromatic rings. The van der Waals surface area contributed by atoms with Crippen molar-refractivity contribution < 1.29 is 104 Å². The molecule has 4 heterocycles. The average molecular weight is 708 g/mol. The topological polar surface area (TPSA) is 357 Å². The van der Waals surface area contributed by atoms with E-state index in [1.54, 1.807) is 0 Å². The first-order valence-corrected chi connectivity index (χ1v) is 15.1. The molecule has 0 bridgehead atoms. The normalized spacial score (nSPS) is 50.2. The number of aliphatic hydroxyl groups excluding tert-OH is 13. The zero-order chi connectivity index (χ0) is 35.6. The van der Waals surface area contributed by atoms with Crippen LogP contribution >= 0.6 is 0 Å². The summed E-state index contributed by atoms with van der Waals surface area (Å²) in [5.41, 5.74) is 0. The van der Waals surface area contributed by atoms with Gasteiger partial charge in [0.25, 0.3) is 0 Å². The second-order valence-electron chi connectivity index (χ2n) is 11.9. The predicted molar refractivity (Wildman–Crippen MR) is 145 cm³/mol. The van der Waals surface area contributed by atoms with Crippen LogP contribution in [0.1, 0.15) is 6.92 Å². The van der Waals surface area contributed by atoms with Gasteiger partial charge in [-0.15, -0.1) is 0 Å². The maximum absolute atomic E-state index is 12.2. The predicted octanol–water partition coefficient (Wildman–Crippen LogP) is -9.61. The molecule has 0 spiro atoms. The van der Waals surface area contributed by atoms with Crippen LogP contribution in [-0.2, 0) is 38.0 Å². The highest BCUT2D eigenvalue weighted by Crippen LogP contribution is 2.34. The van der Waals surface area contributed by atoms with E-state index >= 15 is 0 Å². The smallest absolute Gasteiger partial charge is 0.217 e. The number of aliphatic hydroxyl groups is 13. The number of rotatable bonds is 11. The number of ether oxygens (including phenoxy) is 7. The Hall–Kier alpha value is -1.33. The number of carbonyl (C=O) groups is 1. The van der Waals surface area contributed by atoms with Crippen LogP contribution in [0.25, 0.3) is 0 Å². The van der Waals surface area contributed by atoms with Crippen molar-refractivity contribution in [1.82, 2.24) is 5.32 Å². The molecule has 22 nitrogen and oxygen atoms in total. The SMILES string of the molecule is CC(=O)N[C@H]1[C@H](O[C@@H]2[C@H](O)[C@@H](O)[C@H](O[C@H]3[C@H](O)[C@@H](O)[C@@H](O)O[C@@H]3CO)O[C@@H]2CO)O[C@H](CO)[C@H](O)[C@@H]1O[C@@H]1O[C@H](CO)[C@H](O)[C@H](O)[C@H]1O. The minimum atomic E-state index is -2.03. The molecule has 0 radical (unpaired) electrons. The molecule has 4 rings (SSSR count). The van der Waals surface area contributed by atoms with Crippen molar-refractivity contribution in [1.29, 1.82) is 0 Å². The van der Waals surface area contributed by atoms with Crippen molar-refractivity contribution in [3.8, 4) is 0 Å². The lowest BCUT2D eigenvalue weighted by atomic mass is 9.94. The van der Waals surface area contributed by atoms with Gasteiger partial charge in [-0.05, 0) is 0 Å². The highest BCUT2D eigenvalue weighted by molar-refractivity contribution is 5.73. The van der Waals surface area contributed by atoms with E-state index in [0.29, 0.717) is 0 Å². The monoisotopic (exact) mass is 707 g/mol. The highest BCUT2D eigenvalue weighted by atomic mass is 16.8. The fourth-order valence-electron chi connectivity index (χ4n) is 5.95. The zero-order valence-electron chi connectivity index (χ0n) is 25.5. The average Bonchev–Trinajstić information content (AvgIpc) is 3.06. The van der Waals surface area contributed by atoms with E-state index in [9.17, 15) is 71.2 Å². The molecule has 0 unspecified atom stereocenters. The fraction of sp³-hybridized carbons (Fsp3) is 0.962. The number of hydrogen-bond acceptors (Lipinski definition) is 21.